The molecule has 1 aromatic carbocycles. The lowest BCUT2D eigenvalue weighted by molar-refractivity contribution is -0.137. The molecule has 0 radical (unpaired) electrons. The summed E-state index contributed by atoms with van der Waals surface area (Å²) in [5.41, 5.74) is 7.20. The number of carbonyl (C=O) groups excluding carboxylic acids is 2. The summed E-state index contributed by atoms with van der Waals surface area (Å²) in [6.45, 7) is 0.528. The average Bonchev–Trinajstić information content (AvgIpc) is 2.73. The molecule has 1 aliphatic rings. The lowest BCUT2D eigenvalue weighted by Gasteiger charge is -2.19. The Balaban J connectivity index is 2.07. The lowest BCUT2D eigenvalue weighted by Crippen LogP contribution is -2.38. The number of rotatable bonds is 9. The summed E-state index contributed by atoms with van der Waals surface area (Å²) in [5.74, 6) is -1.61. The molecule has 0 bridgehead atoms. The number of guanidine groups is 1. The standard InChI is InChI=1S/C19H27N5O4/c1-23-15-7-6-13(5-3-2-4-9-22-19(20)21)11-14(15)18(28)24(12-16(23)25)10-8-17(26)27/h6-7,11H,2-5,8-10,12H2,1H3,(H,26,27)(H4,20,21,22). The van der Waals surface area contributed by atoms with Crippen molar-refractivity contribution < 1.29 is 19.5 Å². The fourth-order valence-corrected chi connectivity index (χ4v) is 3.11. The third-order valence-electron chi connectivity index (χ3n) is 4.69. The molecule has 0 saturated carbocycles. The summed E-state index contributed by atoms with van der Waals surface area (Å²) < 4.78 is 0. The molecule has 0 aromatic heterocycles. The molecule has 2 amide bonds. The first kappa shape index (κ1) is 21.2. The van der Waals surface area contributed by atoms with Gasteiger partial charge in [-0.1, -0.05) is 12.5 Å². The van der Waals surface area contributed by atoms with Crippen LogP contribution >= 0.6 is 0 Å². The van der Waals surface area contributed by atoms with Gasteiger partial charge in [-0.25, -0.2) is 0 Å². The average molecular weight is 389 g/mol. The van der Waals surface area contributed by atoms with E-state index in [0.29, 0.717) is 17.8 Å². The summed E-state index contributed by atoms with van der Waals surface area (Å²) in [4.78, 5) is 38.8. The summed E-state index contributed by atoms with van der Waals surface area (Å²) in [6, 6.07) is 5.49. The van der Waals surface area contributed by atoms with E-state index in [0.717, 1.165) is 31.2 Å². The predicted octanol–water partition coefficient (Wildman–Crippen LogP) is 0.776. The van der Waals surface area contributed by atoms with Crippen LogP contribution in [0, 0.1) is 5.41 Å². The normalized spacial score (nSPS) is 13.9. The Kier molecular flexibility index (Phi) is 7.36. The van der Waals surface area contributed by atoms with E-state index in [-0.39, 0.29) is 37.3 Å². The van der Waals surface area contributed by atoms with Gasteiger partial charge in [-0.3, -0.25) is 19.8 Å². The third kappa shape index (κ3) is 5.70. The molecule has 9 heteroatoms. The molecule has 0 unspecified atom stereocenters. The number of nitrogens with one attached hydrogen (secondary N) is 2. The number of carbonyl (C=O) groups is 3. The van der Waals surface area contributed by atoms with Crippen LogP contribution in [-0.4, -0.2) is 60.4 Å². The van der Waals surface area contributed by atoms with E-state index >= 15 is 0 Å². The number of benzene rings is 1. The van der Waals surface area contributed by atoms with E-state index in [9.17, 15) is 14.4 Å². The maximum absolute atomic E-state index is 12.9. The van der Waals surface area contributed by atoms with Gasteiger partial charge < -0.3 is 26.0 Å². The van der Waals surface area contributed by atoms with Crippen LogP contribution in [0.25, 0.3) is 0 Å². The smallest absolute Gasteiger partial charge is 0.305 e. The van der Waals surface area contributed by atoms with Crippen molar-refractivity contribution >= 4 is 29.4 Å². The number of likely N-dealkylation sites (N-methyl/N-ethyl adjacent to an activating group) is 1. The van der Waals surface area contributed by atoms with Crippen molar-refractivity contribution in [2.24, 2.45) is 5.73 Å². The highest BCUT2D eigenvalue weighted by atomic mass is 16.4. The van der Waals surface area contributed by atoms with Gasteiger partial charge in [0.05, 0.1) is 17.7 Å². The fourth-order valence-electron chi connectivity index (χ4n) is 3.11. The Morgan fingerprint density at radius 1 is 1.29 bits per heavy atom. The number of carboxylic acid groups (broad SMARTS) is 1. The second kappa shape index (κ2) is 9.72. The van der Waals surface area contributed by atoms with Crippen molar-refractivity contribution in [1.29, 1.82) is 5.41 Å². The maximum Gasteiger partial charge on any atom is 0.305 e. The van der Waals surface area contributed by atoms with Gasteiger partial charge in [0.25, 0.3) is 5.91 Å². The van der Waals surface area contributed by atoms with Gasteiger partial charge in [0.1, 0.15) is 6.54 Å². The van der Waals surface area contributed by atoms with Crippen LogP contribution in [0.3, 0.4) is 0 Å². The molecule has 28 heavy (non-hydrogen) atoms. The minimum absolute atomic E-state index is 0.000559. The molecule has 2 rings (SSSR count). The second-order valence-electron chi connectivity index (χ2n) is 6.83. The number of hydrogen-bond acceptors (Lipinski definition) is 4. The largest absolute Gasteiger partial charge is 0.481 e. The number of aryl methyl sites for hydroxylation is 1. The number of fused-ring (bicyclic) bond motifs is 1. The Morgan fingerprint density at radius 2 is 2.04 bits per heavy atom. The van der Waals surface area contributed by atoms with Crippen LogP contribution in [0.2, 0.25) is 0 Å². The highest BCUT2D eigenvalue weighted by Gasteiger charge is 2.30. The minimum Gasteiger partial charge on any atom is -0.481 e. The van der Waals surface area contributed by atoms with Crippen molar-refractivity contribution in [2.75, 3.05) is 31.6 Å². The van der Waals surface area contributed by atoms with Crippen molar-refractivity contribution in [1.82, 2.24) is 10.2 Å². The van der Waals surface area contributed by atoms with Crippen molar-refractivity contribution in [2.45, 2.75) is 32.1 Å². The number of hydrogen-bond donors (Lipinski definition) is 4. The van der Waals surface area contributed by atoms with E-state index in [4.69, 9.17) is 16.2 Å². The number of amides is 2. The Morgan fingerprint density at radius 3 is 2.71 bits per heavy atom. The van der Waals surface area contributed by atoms with E-state index in [1.54, 1.807) is 19.2 Å². The topological polar surface area (TPSA) is 140 Å². The molecule has 9 nitrogen and oxygen atoms in total. The zero-order chi connectivity index (χ0) is 20.7. The van der Waals surface area contributed by atoms with Gasteiger partial charge in [-0.05, 0) is 37.0 Å². The van der Waals surface area contributed by atoms with Crippen LogP contribution in [0.1, 0.15) is 41.6 Å². The van der Waals surface area contributed by atoms with E-state index in [1.807, 2.05) is 6.07 Å². The Labute approximate surface area is 164 Å². The number of nitrogens with two attached hydrogens (primary N) is 1. The van der Waals surface area contributed by atoms with Gasteiger partial charge in [-0.2, -0.15) is 0 Å². The predicted molar refractivity (Wildman–Crippen MR) is 105 cm³/mol. The van der Waals surface area contributed by atoms with Crippen LogP contribution < -0.4 is 16.0 Å². The number of anilines is 1. The third-order valence-corrected chi connectivity index (χ3v) is 4.69. The highest BCUT2D eigenvalue weighted by Crippen LogP contribution is 2.26. The zero-order valence-corrected chi connectivity index (χ0v) is 16.0. The Hall–Kier alpha value is -3.10. The van der Waals surface area contributed by atoms with E-state index < -0.39 is 5.97 Å². The van der Waals surface area contributed by atoms with Crippen LogP contribution in [-0.2, 0) is 16.0 Å². The van der Waals surface area contributed by atoms with Gasteiger partial charge in [-0.15, -0.1) is 0 Å². The van der Waals surface area contributed by atoms with Crippen molar-refractivity contribution in [3.05, 3.63) is 29.3 Å². The first-order chi connectivity index (χ1) is 13.3. The highest BCUT2D eigenvalue weighted by molar-refractivity contribution is 6.09. The number of unbranched alkanes of at least 4 members (excludes halogenated alkanes) is 2. The molecule has 1 heterocycles. The molecule has 5 N–H and O–H groups in total. The van der Waals surface area contributed by atoms with Gasteiger partial charge in [0.2, 0.25) is 5.91 Å². The van der Waals surface area contributed by atoms with Crippen molar-refractivity contribution in [3.63, 3.8) is 0 Å². The number of nitrogens with zero attached hydrogens (tertiary/aromatic N) is 2. The molecule has 0 spiro atoms. The molecular weight excluding hydrogens is 362 g/mol. The molecule has 0 aliphatic carbocycles. The fraction of sp³-hybridized carbons (Fsp3) is 0.474. The first-order valence-corrected chi connectivity index (χ1v) is 9.28. The van der Waals surface area contributed by atoms with Crippen LogP contribution in [0.5, 0.6) is 0 Å². The maximum atomic E-state index is 12.9. The van der Waals surface area contributed by atoms with E-state index in [1.165, 1.54) is 9.80 Å². The summed E-state index contributed by atoms with van der Waals surface area (Å²) in [5, 5.41) is 18.8. The van der Waals surface area contributed by atoms with E-state index in [2.05, 4.69) is 5.32 Å². The number of carboxylic acids is 1. The van der Waals surface area contributed by atoms with Crippen LogP contribution in [0.4, 0.5) is 5.69 Å². The molecule has 152 valence electrons. The van der Waals surface area contributed by atoms with Crippen LogP contribution in [0.15, 0.2) is 18.2 Å². The van der Waals surface area contributed by atoms with Gasteiger partial charge in [0.15, 0.2) is 5.96 Å². The van der Waals surface area contributed by atoms with Crippen molar-refractivity contribution in [3.8, 4) is 0 Å². The first-order valence-electron chi connectivity index (χ1n) is 9.28. The van der Waals surface area contributed by atoms with Gasteiger partial charge >= 0.3 is 5.97 Å². The lowest BCUT2D eigenvalue weighted by atomic mass is 10.0. The number of aliphatic carboxylic acids is 1. The summed E-state index contributed by atoms with van der Waals surface area (Å²) in [7, 11) is 1.62. The molecule has 0 fully saturated rings. The summed E-state index contributed by atoms with van der Waals surface area (Å²) >= 11 is 0. The SMILES string of the molecule is CN1C(=O)CN(CCC(=O)O)C(=O)c2cc(CCCCCNC(=N)N)ccc21. The Bertz CT molecular complexity index is 765. The second-order valence-corrected chi connectivity index (χ2v) is 6.83. The molecule has 1 aliphatic heterocycles. The molecule has 0 saturated heterocycles. The van der Waals surface area contributed by atoms with Gasteiger partial charge in [0, 0.05) is 20.1 Å². The summed E-state index contributed by atoms with van der Waals surface area (Å²) in [6.07, 6.45) is 3.35. The quantitative estimate of drug-likeness (QED) is 0.279. The molecule has 1 aromatic rings. The monoisotopic (exact) mass is 389 g/mol. The zero-order valence-electron chi connectivity index (χ0n) is 16.0. The molecule has 0 atom stereocenters. The molecular formula is C19H27N5O4. The minimum atomic E-state index is -1.01.